The van der Waals surface area contributed by atoms with E-state index in [1.807, 2.05) is 60.4 Å². The number of methoxy groups -OCH3 is 1. The number of ether oxygens (including phenoxy) is 2. The van der Waals surface area contributed by atoms with Crippen molar-refractivity contribution in [3.8, 4) is 0 Å². The topological polar surface area (TPSA) is 237 Å². The van der Waals surface area contributed by atoms with Crippen molar-refractivity contribution < 1.29 is 48.1 Å². The van der Waals surface area contributed by atoms with E-state index >= 15 is 0 Å². The van der Waals surface area contributed by atoms with E-state index in [-0.39, 0.29) is 55.9 Å². The summed E-state index contributed by atoms with van der Waals surface area (Å²) in [5.41, 5.74) is 3.84. The highest BCUT2D eigenvalue weighted by Crippen LogP contribution is 2.21. The lowest BCUT2D eigenvalue weighted by Crippen LogP contribution is -2.51. The molecule has 1 saturated heterocycles. The lowest BCUT2D eigenvalue weighted by Gasteiger charge is -2.28. The summed E-state index contributed by atoms with van der Waals surface area (Å²) in [6.45, 7) is 5.27. The maximum Gasteiger partial charge on any atom is 0.326 e. The van der Waals surface area contributed by atoms with Gasteiger partial charge in [0.25, 0.3) is 0 Å². The molecule has 69 heavy (non-hydrogen) atoms. The van der Waals surface area contributed by atoms with E-state index in [4.69, 9.17) is 9.47 Å². The average Bonchev–Trinajstić information content (AvgIpc) is 3.80. The standard InChI is InChI=1S/C51H72N8O10/c1-37-15-9-10-18-41(37)57-51(67)55-40-24-22-38(23-25-40)35-47(62)58(2)43(19-11-13-29-52-45(60)21-8-5-12-28-53-46(61)27-32-69-34-33-68-3)48(63)54-30-26-42(50(65)66)56-49(64)44-20-14-31-59(44)36-39-16-6-4-7-17-39/h4,6-7,9-10,15-18,22-25,42-44H,5,8,11-14,19-21,26-36H2,1-3H3,(H,52,60)(H,53,61)(H,54,63)(H,56,64)(H,65,66)(H2,55,57,67)/t42-,43-,44?/m0/s1. The first-order chi connectivity index (χ1) is 33.3. The van der Waals surface area contributed by atoms with Crippen LogP contribution in [0.3, 0.4) is 0 Å². The Morgan fingerprint density at radius 3 is 2.14 bits per heavy atom. The second-order valence-electron chi connectivity index (χ2n) is 17.2. The lowest BCUT2D eigenvalue weighted by molar-refractivity contribution is -0.143. The SMILES string of the molecule is COCCOCCC(=O)NCCCCCC(=O)NCCCC[C@@H](C(=O)NCC[C@H](NC(=O)C1CCCN1Cc1ccccc1)C(=O)O)N(C)C(=O)Cc1ccc(NC(=O)Nc2ccccc2C)cc1. The number of carboxylic acids is 1. The van der Waals surface area contributed by atoms with Crippen LogP contribution in [0.2, 0.25) is 0 Å². The summed E-state index contributed by atoms with van der Waals surface area (Å²) < 4.78 is 10.2. The predicted molar refractivity (Wildman–Crippen MR) is 263 cm³/mol. The molecule has 1 aliphatic heterocycles. The van der Waals surface area contributed by atoms with Crippen molar-refractivity contribution in [3.63, 3.8) is 0 Å². The Kier molecular flexibility index (Phi) is 24.7. The molecule has 3 aromatic carbocycles. The van der Waals surface area contributed by atoms with Crippen LogP contribution in [0.1, 0.15) is 87.3 Å². The monoisotopic (exact) mass is 957 g/mol. The van der Waals surface area contributed by atoms with Crippen LogP contribution in [0.5, 0.6) is 0 Å². The van der Waals surface area contributed by atoms with E-state index in [2.05, 4.69) is 31.9 Å². The van der Waals surface area contributed by atoms with E-state index in [1.54, 1.807) is 44.5 Å². The van der Waals surface area contributed by atoms with Gasteiger partial charge in [-0.3, -0.25) is 28.9 Å². The van der Waals surface area contributed by atoms with Crippen molar-refractivity contribution in [1.29, 1.82) is 0 Å². The summed E-state index contributed by atoms with van der Waals surface area (Å²) in [5.74, 6) is -2.58. The van der Waals surface area contributed by atoms with Crippen LogP contribution in [0.25, 0.3) is 0 Å². The van der Waals surface area contributed by atoms with Crippen LogP contribution in [0.15, 0.2) is 78.9 Å². The minimum Gasteiger partial charge on any atom is -0.480 e. The first-order valence-corrected chi connectivity index (χ1v) is 24.0. The second kappa shape index (κ2) is 30.9. The van der Waals surface area contributed by atoms with Gasteiger partial charge in [0.1, 0.15) is 12.1 Å². The molecule has 0 saturated carbocycles. The second-order valence-corrected chi connectivity index (χ2v) is 17.2. The number of anilines is 2. The molecule has 3 aromatic rings. The number of nitrogens with one attached hydrogen (secondary N) is 6. The van der Waals surface area contributed by atoms with Gasteiger partial charge in [-0.25, -0.2) is 9.59 Å². The van der Waals surface area contributed by atoms with Crippen molar-refractivity contribution in [3.05, 3.63) is 95.6 Å². The predicted octanol–water partition coefficient (Wildman–Crippen LogP) is 4.77. The quantitative estimate of drug-likeness (QED) is 0.0434. The number of urea groups is 1. The van der Waals surface area contributed by atoms with Gasteiger partial charge in [0.2, 0.25) is 29.5 Å². The first kappa shape index (κ1) is 55.2. The van der Waals surface area contributed by atoms with Gasteiger partial charge in [0, 0.05) is 64.6 Å². The number of likely N-dealkylation sites (N-methyl/N-ethyl adjacent to an activating group) is 1. The van der Waals surface area contributed by atoms with Gasteiger partial charge >= 0.3 is 12.0 Å². The van der Waals surface area contributed by atoms with Crippen LogP contribution in [-0.2, 0) is 51.2 Å². The van der Waals surface area contributed by atoms with Crippen LogP contribution in [0.4, 0.5) is 16.2 Å². The Morgan fingerprint density at radius 1 is 0.739 bits per heavy atom. The van der Waals surface area contributed by atoms with Crippen LogP contribution >= 0.6 is 0 Å². The number of hydrogen-bond donors (Lipinski definition) is 7. The fourth-order valence-corrected chi connectivity index (χ4v) is 7.88. The fraction of sp³-hybridized carbons (Fsp3) is 0.510. The molecule has 7 N–H and O–H groups in total. The molecule has 0 spiro atoms. The summed E-state index contributed by atoms with van der Waals surface area (Å²) in [6.07, 6.45) is 5.42. The maximum absolute atomic E-state index is 13.8. The number of aryl methyl sites for hydroxylation is 1. The summed E-state index contributed by atoms with van der Waals surface area (Å²) >= 11 is 0. The molecule has 1 aliphatic rings. The summed E-state index contributed by atoms with van der Waals surface area (Å²) in [4.78, 5) is 93.8. The molecule has 18 nitrogen and oxygen atoms in total. The molecule has 1 heterocycles. The maximum atomic E-state index is 13.8. The van der Waals surface area contributed by atoms with Gasteiger partial charge in [0.05, 0.1) is 32.3 Å². The highest BCUT2D eigenvalue weighted by molar-refractivity contribution is 6.00. The zero-order chi connectivity index (χ0) is 49.8. The third-order valence-corrected chi connectivity index (χ3v) is 11.9. The molecular formula is C51H72N8O10. The smallest absolute Gasteiger partial charge is 0.326 e. The highest BCUT2D eigenvalue weighted by Gasteiger charge is 2.33. The van der Waals surface area contributed by atoms with E-state index in [0.717, 1.165) is 30.4 Å². The Bertz CT molecular complexity index is 2090. The Labute approximate surface area is 406 Å². The number of amides is 7. The number of likely N-dealkylation sites (tertiary alicyclic amines) is 1. The zero-order valence-corrected chi connectivity index (χ0v) is 40.4. The number of unbranched alkanes of at least 4 members (excludes halogenated alkanes) is 3. The Morgan fingerprint density at radius 2 is 1.43 bits per heavy atom. The molecule has 376 valence electrons. The number of benzene rings is 3. The highest BCUT2D eigenvalue weighted by atomic mass is 16.5. The normalized spacial score (nSPS) is 14.2. The van der Waals surface area contributed by atoms with Crippen molar-refractivity contribution in [2.24, 2.45) is 0 Å². The van der Waals surface area contributed by atoms with E-state index in [0.29, 0.717) is 95.0 Å². The van der Waals surface area contributed by atoms with Crippen molar-refractivity contribution >= 4 is 52.9 Å². The van der Waals surface area contributed by atoms with Gasteiger partial charge in [-0.15, -0.1) is 0 Å². The number of aliphatic carboxylic acids is 1. The number of hydrogen-bond acceptors (Lipinski definition) is 10. The third-order valence-electron chi connectivity index (χ3n) is 11.9. The van der Waals surface area contributed by atoms with E-state index in [1.165, 1.54) is 4.90 Å². The molecule has 3 atom stereocenters. The van der Waals surface area contributed by atoms with Crippen LogP contribution < -0.4 is 31.9 Å². The number of carbonyl (C=O) groups is 7. The van der Waals surface area contributed by atoms with Gasteiger partial charge in [-0.2, -0.15) is 0 Å². The molecule has 1 unspecified atom stereocenters. The summed E-state index contributed by atoms with van der Waals surface area (Å²) in [7, 11) is 3.14. The average molecular weight is 957 g/mol. The Hall–Kier alpha value is -6.37. The minimum atomic E-state index is -1.24. The summed E-state index contributed by atoms with van der Waals surface area (Å²) in [5, 5.41) is 26.9. The summed E-state index contributed by atoms with van der Waals surface area (Å²) in [6, 6.07) is 21.0. The molecule has 18 heteroatoms. The molecule has 1 fully saturated rings. The van der Waals surface area contributed by atoms with Gasteiger partial charge in [0.15, 0.2) is 0 Å². The van der Waals surface area contributed by atoms with Gasteiger partial charge < -0.3 is 51.4 Å². The lowest BCUT2D eigenvalue weighted by atomic mass is 10.0. The van der Waals surface area contributed by atoms with Crippen LogP contribution in [0, 0.1) is 6.92 Å². The molecule has 7 amide bonds. The van der Waals surface area contributed by atoms with Gasteiger partial charge in [-0.1, -0.05) is 67.1 Å². The van der Waals surface area contributed by atoms with Crippen molar-refractivity contribution in [1.82, 2.24) is 31.1 Å². The molecule has 0 radical (unpaired) electrons. The largest absolute Gasteiger partial charge is 0.480 e. The third kappa shape index (κ3) is 20.8. The molecule has 0 bridgehead atoms. The van der Waals surface area contributed by atoms with Crippen molar-refractivity contribution in [2.45, 2.75) is 109 Å². The van der Waals surface area contributed by atoms with Gasteiger partial charge in [-0.05, 0) is 99.7 Å². The van der Waals surface area contributed by atoms with E-state index in [9.17, 15) is 38.7 Å². The molecule has 4 rings (SSSR count). The zero-order valence-electron chi connectivity index (χ0n) is 40.4. The molecule has 0 aliphatic carbocycles. The number of carboxylic acid groups (broad SMARTS) is 1. The Balaban J connectivity index is 1.26. The number of carbonyl (C=O) groups excluding carboxylic acids is 6. The van der Waals surface area contributed by atoms with Crippen molar-refractivity contribution in [2.75, 3.05) is 70.8 Å². The minimum absolute atomic E-state index is 0.0295. The number of nitrogens with zero attached hydrogens (tertiary/aromatic N) is 2. The van der Waals surface area contributed by atoms with Crippen LogP contribution in [-0.4, -0.2) is 135 Å². The number of para-hydroxylation sites is 1. The van der Waals surface area contributed by atoms with E-state index < -0.39 is 36.0 Å². The molecular weight excluding hydrogens is 885 g/mol. The number of rotatable bonds is 31. The first-order valence-electron chi connectivity index (χ1n) is 24.0. The molecule has 0 aromatic heterocycles. The fourth-order valence-electron chi connectivity index (χ4n) is 7.88.